The molecular formula is C20H25F3IN3O3. The second-order valence-corrected chi connectivity index (χ2v) is 5.89. The second-order valence-electron chi connectivity index (χ2n) is 5.89. The van der Waals surface area contributed by atoms with Crippen LogP contribution in [0.5, 0.6) is 17.2 Å². The summed E-state index contributed by atoms with van der Waals surface area (Å²) in [5.74, 6) is -0.548. The number of phenolic OH excluding ortho intramolecular Hbond substituents is 1. The number of phenols is 1. The van der Waals surface area contributed by atoms with Crippen LogP contribution in [0.15, 0.2) is 41.4 Å². The first-order valence-corrected chi connectivity index (χ1v) is 9.13. The Hall–Kier alpha value is -2.37. The Morgan fingerprint density at radius 1 is 1.17 bits per heavy atom. The molecule has 2 aromatic rings. The quantitative estimate of drug-likeness (QED) is 0.250. The maximum Gasteiger partial charge on any atom is 0.387 e. The molecule has 0 bridgehead atoms. The van der Waals surface area contributed by atoms with Gasteiger partial charge in [-0.05, 0) is 37.6 Å². The highest BCUT2D eigenvalue weighted by atomic mass is 127. The average molecular weight is 539 g/mol. The van der Waals surface area contributed by atoms with Gasteiger partial charge in [-0.1, -0.05) is 18.2 Å². The molecule has 30 heavy (non-hydrogen) atoms. The van der Waals surface area contributed by atoms with Crippen LogP contribution in [-0.2, 0) is 13.1 Å². The Balaban J connectivity index is 0.00000450. The molecule has 0 saturated carbocycles. The molecule has 2 aromatic carbocycles. The third-order valence-electron chi connectivity index (χ3n) is 3.79. The first kappa shape index (κ1) is 25.7. The van der Waals surface area contributed by atoms with E-state index in [1.54, 1.807) is 31.2 Å². The maximum atomic E-state index is 13.5. The van der Waals surface area contributed by atoms with Crippen molar-refractivity contribution in [2.75, 3.05) is 13.2 Å². The molecule has 0 amide bonds. The van der Waals surface area contributed by atoms with Crippen LogP contribution >= 0.6 is 24.0 Å². The lowest BCUT2D eigenvalue weighted by molar-refractivity contribution is -0.0520. The highest BCUT2D eigenvalue weighted by molar-refractivity contribution is 14.0. The Morgan fingerprint density at radius 3 is 2.57 bits per heavy atom. The first-order valence-electron chi connectivity index (χ1n) is 9.13. The number of nitrogens with one attached hydrogen (secondary N) is 2. The van der Waals surface area contributed by atoms with Crippen LogP contribution in [0.3, 0.4) is 0 Å². The number of hydrogen-bond donors (Lipinski definition) is 3. The van der Waals surface area contributed by atoms with Crippen molar-refractivity contribution >= 4 is 29.9 Å². The summed E-state index contributed by atoms with van der Waals surface area (Å²) in [5.41, 5.74) is 1.04. The van der Waals surface area contributed by atoms with E-state index in [0.29, 0.717) is 30.2 Å². The summed E-state index contributed by atoms with van der Waals surface area (Å²) in [6.45, 7) is 1.82. The van der Waals surface area contributed by atoms with Crippen molar-refractivity contribution in [2.24, 2.45) is 4.99 Å². The molecule has 0 aromatic heterocycles. The molecule has 3 N–H and O–H groups in total. The number of rotatable bonds is 9. The summed E-state index contributed by atoms with van der Waals surface area (Å²) in [6.07, 6.45) is 0. The van der Waals surface area contributed by atoms with Gasteiger partial charge >= 0.3 is 6.61 Å². The standard InChI is InChI=1S/C20H24F3N3O3.HI/c1-3-24-20(25-11-13-8-9-16(27)15(21)10-13)26-12-14-6-5-7-17(28-4-2)18(14)29-19(22)23;/h5-10,19,27H,3-4,11-12H2,1-2H3,(H2,24,25,26);1H. The van der Waals surface area contributed by atoms with Crippen molar-refractivity contribution < 1.29 is 27.8 Å². The van der Waals surface area contributed by atoms with Crippen molar-refractivity contribution in [2.45, 2.75) is 33.5 Å². The third-order valence-corrected chi connectivity index (χ3v) is 3.79. The van der Waals surface area contributed by atoms with Gasteiger partial charge in [0.05, 0.1) is 13.2 Å². The summed E-state index contributed by atoms with van der Waals surface area (Å²) in [6, 6.07) is 8.90. The zero-order valence-electron chi connectivity index (χ0n) is 16.6. The smallest absolute Gasteiger partial charge is 0.387 e. The van der Waals surface area contributed by atoms with Gasteiger partial charge in [-0.25, -0.2) is 9.38 Å². The number of alkyl halides is 2. The van der Waals surface area contributed by atoms with Crippen molar-refractivity contribution in [3.8, 4) is 17.2 Å². The lowest BCUT2D eigenvalue weighted by Gasteiger charge is -2.17. The Labute approximate surface area is 190 Å². The van der Waals surface area contributed by atoms with Crippen LogP contribution in [0.1, 0.15) is 25.0 Å². The lowest BCUT2D eigenvalue weighted by atomic mass is 10.2. The molecule has 0 saturated heterocycles. The molecule has 0 spiro atoms. The Kier molecular flexibility index (Phi) is 11.2. The van der Waals surface area contributed by atoms with Gasteiger partial charge in [-0.15, -0.1) is 24.0 Å². The van der Waals surface area contributed by atoms with Gasteiger partial charge in [-0.3, -0.25) is 0 Å². The SMILES string of the molecule is CCNC(=NCc1ccc(O)c(F)c1)NCc1cccc(OCC)c1OC(F)F.I. The molecule has 0 heterocycles. The van der Waals surface area contributed by atoms with Crippen molar-refractivity contribution in [3.05, 3.63) is 53.3 Å². The Morgan fingerprint density at radius 2 is 1.93 bits per heavy atom. The molecule has 166 valence electrons. The summed E-state index contributed by atoms with van der Waals surface area (Å²) < 4.78 is 49.1. The fourth-order valence-electron chi connectivity index (χ4n) is 2.53. The summed E-state index contributed by atoms with van der Waals surface area (Å²) in [7, 11) is 0. The molecule has 0 aliphatic rings. The number of aromatic hydroxyl groups is 1. The molecular weight excluding hydrogens is 514 g/mol. The van der Waals surface area contributed by atoms with Crippen molar-refractivity contribution in [1.82, 2.24) is 10.6 Å². The minimum atomic E-state index is -2.98. The van der Waals surface area contributed by atoms with Gasteiger partial charge in [0.25, 0.3) is 0 Å². The molecule has 2 rings (SSSR count). The van der Waals surface area contributed by atoms with Gasteiger partial charge in [0.15, 0.2) is 29.0 Å². The van der Waals surface area contributed by atoms with Crippen LogP contribution in [0.4, 0.5) is 13.2 Å². The highest BCUT2D eigenvalue weighted by Gasteiger charge is 2.16. The molecule has 6 nitrogen and oxygen atoms in total. The predicted molar refractivity (Wildman–Crippen MR) is 119 cm³/mol. The summed E-state index contributed by atoms with van der Waals surface area (Å²) in [5, 5.41) is 15.3. The average Bonchev–Trinajstić information content (AvgIpc) is 2.68. The van der Waals surface area contributed by atoms with E-state index in [-0.39, 0.29) is 48.6 Å². The molecule has 0 radical (unpaired) electrons. The normalized spacial score (nSPS) is 11.1. The van der Waals surface area contributed by atoms with Crippen molar-refractivity contribution in [1.29, 1.82) is 0 Å². The summed E-state index contributed by atoms with van der Waals surface area (Å²) in [4.78, 5) is 4.34. The Bertz CT molecular complexity index is 838. The fraction of sp³-hybridized carbons (Fsp3) is 0.350. The number of nitrogens with zero attached hydrogens (tertiary/aromatic N) is 1. The highest BCUT2D eigenvalue weighted by Crippen LogP contribution is 2.32. The number of para-hydroxylation sites is 1. The van der Waals surface area contributed by atoms with E-state index in [9.17, 15) is 18.3 Å². The molecule has 0 aliphatic carbocycles. The molecule has 10 heteroatoms. The van der Waals surface area contributed by atoms with Gasteiger partial charge in [0, 0.05) is 18.7 Å². The number of halogens is 4. The third kappa shape index (κ3) is 7.81. The van der Waals surface area contributed by atoms with Crippen LogP contribution in [0.2, 0.25) is 0 Å². The number of benzene rings is 2. The molecule has 0 fully saturated rings. The molecule has 0 aliphatic heterocycles. The molecule has 0 atom stereocenters. The largest absolute Gasteiger partial charge is 0.505 e. The zero-order valence-corrected chi connectivity index (χ0v) is 19.0. The van der Waals surface area contributed by atoms with E-state index < -0.39 is 18.2 Å². The van der Waals surface area contributed by atoms with E-state index in [4.69, 9.17) is 4.74 Å². The maximum absolute atomic E-state index is 13.5. The minimum absolute atomic E-state index is 0. The first-order chi connectivity index (χ1) is 13.9. The minimum Gasteiger partial charge on any atom is -0.505 e. The number of hydrogen-bond acceptors (Lipinski definition) is 4. The van der Waals surface area contributed by atoms with Gasteiger partial charge in [-0.2, -0.15) is 8.78 Å². The van der Waals surface area contributed by atoms with E-state index in [0.717, 1.165) is 0 Å². The predicted octanol–water partition coefficient (Wildman–Crippen LogP) is 4.40. The number of ether oxygens (including phenoxy) is 2. The van der Waals surface area contributed by atoms with E-state index >= 15 is 0 Å². The van der Waals surface area contributed by atoms with Crippen LogP contribution < -0.4 is 20.1 Å². The van der Waals surface area contributed by atoms with Crippen molar-refractivity contribution in [3.63, 3.8) is 0 Å². The van der Waals surface area contributed by atoms with Gasteiger partial charge < -0.3 is 25.2 Å². The van der Waals surface area contributed by atoms with Gasteiger partial charge in [0.1, 0.15) is 0 Å². The fourth-order valence-corrected chi connectivity index (χ4v) is 2.53. The molecule has 0 unspecified atom stereocenters. The van der Waals surface area contributed by atoms with Crippen LogP contribution in [0.25, 0.3) is 0 Å². The topological polar surface area (TPSA) is 75.1 Å². The van der Waals surface area contributed by atoms with Gasteiger partial charge in [0.2, 0.25) is 0 Å². The van der Waals surface area contributed by atoms with Crippen LogP contribution in [-0.4, -0.2) is 30.8 Å². The van der Waals surface area contributed by atoms with Crippen LogP contribution in [0, 0.1) is 5.82 Å². The van der Waals surface area contributed by atoms with E-state index in [2.05, 4.69) is 20.4 Å². The van der Waals surface area contributed by atoms with E-state index in [1.807, 2.05) is 6.92 Å². The monoisotopic (exact) mass is 539 g/mol. The summed E-state index contributed by atoms with van der Waals surface area (Å²) >= 11 is 0. The zero-order chi connectivity index (χ0) is 21.2. The lowest BCUT2D eigenvalue weighted by Crippen LogP contribution is -2.36. The number of aliphatic imine (C=N–C) groups is 1. The second kappa shape index (κ2) is 13.0. The number of guanidine groups is 1. The van der Waals surface area contributed by atoms with E-state index in [1.165, 1.54) is 12.1 Å².